The molecule has 0 bridgehead atoms. The first-order chi connectivity index (χ1) is 8.97. The monoisotopic (exact) mass is 365 g/mol. The molecule has 0 spiro atoms. The molecule has 0 unspecified atom stereocenters. The van der Waals surface area contributed by atoms with Crippen LogP contribution in [0.5, 0.6) is 0 Å². The van der Waals surface area contributed by atoms with Gasteiger partial charge in [-0.05, 0) is 35.9 Å². The highest BCUT2D eigenvalue weighted by Gasteiger charge is 2.08. The number of benzene rings is 2. The molecule has 0 saturated heterocycles. The minimum Gasteiger partial charge on any atom is -0.381 e. The van der Waals surface area contributed by atoms with Crippen LogP contribution in [0, 0.1) is 11.6 Å². The number of nitrogens with one attached hydrogen (secondary N) is 1. The molecule has 0 atom stereocenters. The van der Waals surface area contributed by atoms with Crippen molar-refractivity contribution in [3.05, 3.63) is 62.0 Å². The lowest BCUT2D eigenvalue weighted by Crippen LogP contribution is -2.01. The molecule has 2 rings (SSSR count). The summed E-state index contributed by atoms with van der Waals surface area (Å²) in [7, 11) is 0. The normalized spacial score (nSPS) is 10.6. The first kappa shape index (κ1) is 14.6. The molecule has 1 N–H and O–H groups in total. The van der Waals surface area contributed by atoms with Crippen molar-refractivity contribution in [1.29, 1.82) is 0 Å². The molecule has 0 aliphatic carbocycles. The van der Waals surface area contributed by atoms with E-state index in [1.807, 2.05) is 0 Å². The highest BCUT2D eigenvalue weighted by atomic mass is 79.9. The third-order valence-electron chi connectivity index (χ3n) is 2.47. The topological polar surface area (TPSA) is 12.0 Å². The van der Waals surface area contributed by atoms with Crippen molar-refractivity contribution in [3.63, 3.8) is 0 Å². The molecule has 2 aromatic rings. The summed E-state index contributed by atoms with van der Waals surface area (Å²) in [5.74, 6) is -0.976. The van der Waals surface area contributed by atoms with Gasteiger partial charge in [0.15, 0.2) is 5.82 Å². The van der Waals surface area contributed by atoms with E-state index in [0.29, 0.717) is 12.2 Å². The smallest absolute Gasteiger partial charge is 0.160 e. The number of hydrogen-bond donors (Lipinski definition) is 1. The van der Waals surface area contributed by atoms with E-state index < -0.39 is 5.82 Å². The molecule has 0 aliphatic heterocycles. The Morgan fingerprint density at radius 1 is 1.05 bits per heavy atom. The van der Waals surface area contributed by atoms with Gasteiger partial charge >= 0.3 is 0 Å². The van der Waals surface area contributed by atoms with Crippen molar-refractivity contribution < 1.29 is 8.78 Å². The summed E-state index contributed by atoms with van der Waals surface area (Å²) in [6.45, 7) is 0.358. The summed E-state index contributed by atoms with van der Waals surface area (Å²) in [6.07, 6.45) is 0. The zero-order valence-electron chi connectivity index (χ0n) is 9.48. The van der Waals surface area contributed by atoms with Gasteiger partial charge in [-0.3, -0.25) is 0 Å². The highest BCUT2D eigenvalue weighted by molar-refractivity contribution is 9.10. The Morgan fingerprint density at radius 3 is 2.32 bits per heavy atom. The summed E-state index contributed by atoms with van der Waals surface area (Å²) >= 11 is 14.7. The van der Waals surface area contributed by atoms with E-state index in [1.54, 1.807) is 6.07 Å². The average Bonchev–Trinajstić information content (AvgIpc) is 2.37. The van der Waals surface area contributed by atoms with Gasteiger partial charge in [-0.15, -0.1) is 0 Å². The molecule has 1 nitrogen and oxygen atoms in total. The summed E-state index contributed by atoms with van der Waals surface area (Å²) in [5, 5.41) is 2.88. The van der Waals surface area contributed by atoms with Gasteiger partial charge in [0, 0.05) is 16.7 Å². The fraction of sp³-hybridized carbons (Fsp3) is 0.0769. The van der Waals surface area contributed by atoms with Gasteiger partial charge < -0.3 is 5.32 Å². The first-order valence-corrected chi connectivity index (χ1v) is 6.84. The third kappa shape index (κ3) is 3.59. The Balaban J connectivity index is 2.17. The Hall–Kier alpha value is -0.840. The van der Waals surface area contributed by atoms with Crippen molar-refractivity contribution in [2.24, 2.45) is 0 Å². The van der Waals surface area contributed by atoms with Gasteiger partial charge in [0.1, 0.15) is 5.82 Å². The van der Waals surface area contributed by atoms with Crippen molar-refractivity contribution in [2.75, 3.05) is 5.32 Å². The number of halogens is 5. The quantitative estimate of drug-likeness (QED) is 0.692. The van der Waals surface area contributed by atoms with Crippen molar-refractivity contribution in [1.82, 2.24) is 0 Å². The lowest BCUT2D eigenvalue weighted by Gasteiger charge is -2.10. The van der Waals surface area contributed by atoms with Crippen LogP contribution in [0.25, 0.3) is 0 Å². The zero-order valence-corrected chi connectivity index (χ0v) is 12.6. The SMILES string of the molecule is Fc1ccc(Br)c(CNc2cc(Cl)c(F)c(Cl)c2)c1. The first-order valence-electron chi connectivity index (χ1n) is 5.29. The van der Waals surface area contributed by atoms with E-state index in [-0.39, 0.29) is 15.9 Å². The molecule has 2 aromatic carbocycles. The van der Waals surface area contributed by atoms with Crippen LogP contribution >= 0.6 is 39.1 Å². The Morgan fingerprint density at radius 2 is 1.68 bits per heavy atom. The van der Waals surface area contributed by atoms with Crippen molar-refractivity contribution >= 4 is 44.8 Å². The van der Waals surface area contributed by atoms with Gasteiger partial charge in [-0.1, -0.05) is 39.1 Å². The Labute approximate surface area is 127 Å². The van der Waals surface area contributed by atoms with Gasteiger partial charge in [0.2, 0.25) is 0 Å². The van der Waals surface area contributed by atoms with E-state index >= 15 is 0 Å². The zero-order chi connectivity index (χ0) is 14.0. The second-order valence-corrected chi connectivity index (χ2v) is 5.51. The maximum absolute atomic E-state index is 13.2. The van der Waals surface area contributed by atoms with Gasteiger partial charge in [0.25, 0.3) is 0 Å². The van der Waals surface area contributed by atoms with E-state index in [9.17, 15) is 8.78 Å². The second-order valence-electron chi connectivity index (χ2n) is 3.84. The van der Waals surface area contributed by atoms with Crippen LogP contribution in [0.3, 0.4) is 0 Å². The largest absolute Gasteiger partial charge is 0.381 e. The molecule has 100 valence electrons. The minimum absolute atomic E-state index is 0.0618. The maximum Gasteiger partial charge on any atom is 0.160 e. The molecule has 0 fully saturated rings. The van der Waals surface area contributed by atoms with Crippen LogP contribution in [0.4, 0.5) is 14.5 Å². The molecule has 6 heteroatoms. The standard InChI is InChI=1S/C13H8BrCl2F2N/c14-10-2-1-8(17)3-7(10)6-19-9-4-11(15)13(18)12(16)5-9/h1-5,19H,6H2. The third-order valence-corrected chi connectivity index (χ3v) is 3.80. The molecule has 0 heterocycles. The van der Waals surface area contributed by atoms with E-state index in [0.717, 1.165) is 10.0 Å². The molecule has 0 radical (unpaired) electrons. The van der Waals surface area contributed by atoms with Gasteiger partial charge in [0.05, 0.1) is 10.0 Å². The summed E-state index contributed by atoms with van der Waals surface area (Å²) in [4.78, 5) is 0. The number of anilines is 1. The van der Waals surface area contributed by atoms with Crippen LogP contribution in [0.1, 0.15) is 5.56 Å². The van der Waals surface area contributed by atoms with Gasteiger partial charge in [-0.25, -0.2) is 8.78 Å². The fourth-order valence-corrected chi connectivity index (χ4v) is 2.41. The lowest BCUT2D eigenvalue weighted by molar-refractivity contribution is 0.625. The maximum atomic E-state index is 13.2. The van der Waals surface area contributed by atoms with Crippen LogP contribution in [-0.2, 0) is 6.54 Å². The van der Waals surface area contributed by atoms with Crippen LogP contribution in [0.15, 0.2) is 34.8 Å². The van der Waals surface area contributed by atoms with Crippen LogP contribution in [0.2, 0.25) is 10.0 Å². The average molecular weight is 367 g/mol. The van der Waals surface area contributed by atoms with E-state index in [1.165, 1.54) is 24.3 Å². The molecule has 0 aromatic heterocycles. The molecular formula is C13H8BrCl2F2N. The molecule has 0 amide bonds. The van der Waals surface area contributed by atoms with Crippen molar-refractivity contribution in [2.45, 2.75) is 6.54 Å². The molecule has 0 saturated carbocycles. The molecule has 19 heavy (non-hydrogen) atoms. The van der Waals surface area contributed by atoms with E-state index in [2.05, 4.69) is 21.2 Å². The number of hydrogen-bond acceptors (Lipinski definition) is 1. The fourth-order valence-electron chi connectivity index (χ4n) is 1.53. The predicted octanol–water partition coefficient (Wildman–Crippen LogP) is 5.65. The predicted molar refractivity (Wildman–Crippen MR) is 77.8 cm³/mol. The Kier molecular flexibility index (Phi) is 4.66. The molecule has 0 aliphatic rings. The van der Waals surface area contributed by atoms with Crippen LogP contribution in [-0.4, -0.2) is 0 Å². The highest BCUT2D eigenvalue weighted by Crippen LogP contribution is 2.28. The lowest BCUT2D eigenvalue weighted by atomic mass is 10.2. The summed E-state index contributed by atoms with van der Waals surface area (Å²) in [6, 6.07) is 7.24. The second kappa shape index (κ2) is 6.07. The van der Waals surface area contributed by atoms with Crippen LogP contribution < -0.4 is 5.32 Å². The van der Waals surface area contributed by atoms with Crippen molar-refractivity contribution in [3.8, 4) is 0 Å². The Bertz CT molecular complexity index is 597. The summed E-state index contributed by atoms with van der Waals surface area (Å²) in [5.41, 5.74) is 1.30. The summed E-state index contributed by atoms with van der Waals surface area (Å²) < 4.78 is 27.1. The van der Waals surface area contributed by atoms with Gasteiger partial charge in [-0.2, -0.15) is 0 Å². The number of rotatable bonds is 3. The molecular weight excluding hydrogens is 359 g/mol. The minimum atomic E-state index is -0.652. The van der Waals surface area contributed by atoms with E-state index in [4.69, 9.17) is 23.2 Å².